The molecule has 0 rings (SSSR count). The van der Waals surface area contributed by atoms with Crippen molar-refractivity contribution >= 4 is 0 Å². The van der Waals surface area contributed by atoms with Gasteiger partial charge in [0.2, 0.25) is 0 Å². The van der Waals surface area contributed by atoms with Crippen LogP contribution in [0.2, 0.25) is 0 Å². The highest BCUT2D eigenvalue weighted by molar-refractivity contribution is 4.71. The van der Waals surface area contributed by atoms with Crippen molar-refractivity contribution in [2.75, 3.05) is 27.2 Å². The van der Waals surface area contributed by atoms with Gasteiger partial charge >= 0.3 is 0 Å². The van der Waals surface area contributed by atoms with E-state index in [-0.39, 0.29) is 0 Å². The summed E-state index contributed by atoms with van der Waals surface area (Å²) < 4.78 is 1.20. The minimum absolute atomic E-state index is 0.500. The Kier molecular flexibility index (Phi) is 24.5. The Morgan fingerprint density at radius 1 is 0.333 bits per heavy atom. The predicted octanol–water partition coefficient (Wildman–Crippen LogP) is 13.3. The van der Waals surface area contributed by atoms with Gasteiger partial charge in [0.15, 0.2) is 0 Å². The molecule has 39 heavy (non-hydrogen) atoms. The topological polar surface area (TPSA) is 0 Å². The molecular weight excluding hydrogens is 470 g/mol. The van der Waals surface area contributed by atoms with Crippen molar-refractivity contribution in [2.45, 2.75) is 208 Å². The Bertz CT molecular complexity index is 459. The lowest BCUT2D eigenvalue weighted by atomic mass is 9.82. The fourth-order valence-corrected chi connectivity index (χ4v) is 6.11. The average Bonchev–Trinajstić information content (AvgIpc) is 2.88. The van der Waals surface area contributed by atoms with Gasteiger partial charge in [-0.2, -0.15) is 0 Å². The third-order valence-corrected chi connectivity index (χ3v) is 9.70. The molecular formula is C38H80N+. The summed E-state index contributed by atoms with van der Waals surface area (Å²) in [7, 11) is 4.97. The second-order valence-corrected chi connectivity index (χ2v) is 15.8. The maximum atomic E-state index is 2.53. The zero-order chi connectivity index (χ0) is 29.3. The Morgan fingerprint density at radius 3 is 0.821 bits per heavy atom. The second kappa shape index (κ2) is 24.5. The largest absolute Gasteiger partial charge is 0.328 e. The summed E-state index contributed by atoms with van der Waals surface area (Å²) in [4.78, 5) is 0. The highest BCUT2D eigenvalue weighted by Crippen LogP contribution is 2.32. The van der Waals surface area contributed by atoms with Crippen molar-refractivity contribution < 1.29 is 4.48 Å². The first-order valence-electron chi connectivity index (χ1n) is 18.4. The van der Waals surface area contributed by atoms with E-state index in [2.05, 4.69) is 55.6 Å². The van der Waals surface area contributed by atoms with E-state index in [0.29, 0.717) is 10.8 Å². The quantitative estimate of drug-likeness (QED) is 0.0616. The molecule has 0 fully saturated rings. The lowest BCUT2D eigenvalue weighted by Crippen LogP contribution is -2.44. The minimum Gasteiger partial charge on any atom is -0.328 e. The van der Waals surface area contributed by atoms with Crippen molar-refractivity contribution in [3.05, 3.63) is 0 Å². The van der Waals surface area contributed by atoms with E-state index in [1.807, 2.05) is 0 Å². The minimum atomic E-state index is 0.500. The number of unbranched alkanes of at least 4 members (excludes halogenated alkanes) is 20. The molecule has 0 aliphatic carbocycles. The van der Waals surface area contributed by atoms with Crippen molar-refractivity contribution in [2.24, 2.45) is 10.8 Å². The Morgan fingerprint density at radius 2 is 0.564 bits per heavy atom. The normalized spacial score (nSPS) is 12.9. The van der Waals surface area contributed by atoms with Gasteiger partial charge in [-0.3, -0.25) is 0 Å². The van der Waals surface area contributed by atoms with Crippen LogP contribution in [0.4, 0.5) is 0 Å². The van der Waals surface area contributed by atoms with Crippen molar-refractivity contribution in [3.63, 3.8) is 0 Å². The molecule has 1 nitrogen and oxygen atoms in total. The Balaban J connectivity index is 3.84. The molecule has 0 unspecified atom stereocenters. The van der Waals surface area contributed by atoms with Gasteiger partial charge in [0, 0.05) is 12.8 Å². The molecule has 0 saturated heterocycles. The van der Waals surface area contributed by atoms with Crippen LogP contribution in [0.15, 0.2) is 0 Å². The summed E-state index contributed by atoms with van der Waals surface area (Å²) in [6.07, 6.45) is 37.4. The SMILES string of the molecule is CCCCCCCCCCCCCC(C)(C)CC[N+](C)(C)CCC(C)(C)CCCCCCCCCCCCC. The first-order chi connectivity index (χ1) is 18.5. The molecule has 0 N–H and O–H groups in total. The van der Waals surface area contributed by atoms with Gasteiger partial charge in [0.25, 0.3) is 0 Å². The lowest BCUT2D eigenvalue weighted by Gasteiger charge is -2.36. The van der Waals surface area contributed by atoms with Gasteiger partial charge in [-0.1, -0.05) is 183 Å². The zero-order valence-corrected chi connectivity index (χ0v) is 29.2. The summed E-state index contributed by atoms with van der Waals surface area (Å²) >= 11 is 0. The standard InChI is InChI=1S/C38H80N/c1-9-11-13-15-17-19-21-23-25-27-29-31-37(3,4)33-35-39(7,8)36-34-38(5,6)32-30-28-26-24-22-20-18-16-14-12-10-2/h9-36H2,1-8H3/q+1. The fraction of sp³-hybridized carbons (Fsp3) is 1.00. The van der Waals surface area contributed by atoms with Crippen LogP contribution in [-0.2, 0) is 0 Å². The first kappa shape index (κ1) is 39.0. The van der Waals surface area contributed by atoms with Crippen molar-refractivity contribution in [1.29, 1.82) is 0 Å². The molecule has 0 amide bonds. The van der Waals surface area contributed by atoms with Crippen LogP contribution >= 0.6 is 0 Å². The second-order valence-electron chi connectivity index (χ2n) is 15.8. The van der Waals surface area contributed by atoms with Crippen LogP contribution in [0, 0.1) is 10.8 Å². The summed E-state index contributed by atoms with van der Waals surface area (Å²) in [5.41, 5.74) is 1.000. The highest BCUT2D eigenvalue weighted by Gasteiger charge is 2.26. The van der Waals surface area contributed by atoms with Gasteiger partial charge < -0.3 is 4.48 Å². The van der Waals surface area contributed by atoms with Crippen LogP contribution in [0.3, 0.4) is 0 Å². The summed E-state index contributed by atoms with van der Waals surface area (Å²) in [6, 6.07) is 0. The smallest absolute Gasteiger partial charge is 0.0787 e. The van der Waals surface area contributed by atoms with Gasteiger partial charge in [0.1, 0.15) is 0 Å². The van der Waals surface area contributed by atoms with Gasteiger partial charge in [0.05, 0.1) is 27.2 Å². The maximum Gasteiger partial charge on any atom is 0.0787 e. The average molecular weight is 551 g/mol. The van der Waals surface area contributed by atoms with E-state index >= 15 is 0 Å². The molecule has 0 aliphatic rings. The number of quaternary nitrogens is 1. The van der Waals surface area contributed by atoms with Crippen molar-refractivity contribution in [3.8, 4) is 0 Å². The highest BCUT2D eigenvalue weighted by atomic mass is 15.3. The van der Waals surface area contributed by atoms with Gasteiger partial charge in [-0.15, -0.1) is 0 Å². The summed E-state index contributed by atoms with van der Waals surface area (Å²) in [6.45, 7) is 17.4. The molecule has 0 saturated carbocycles. The van der Waals surface area contributed by atoms with Crippen LogP contribution in [-0.4, -0.2) is 31.7 Å². The summed E-state index contributed by atoms with van der Waals surface area (Å²) in [5.74, 6) is 0. The number of hydrogen-bond donors (Lipinski definition) is 0. The summed E-state index contributed by atoms with van der Waals surface area (Å²) in [5, 5.41) is 0. The Hall–Kier alpha value is -0.0400. The van der Waals surface area contributed by atoms with Gasteiger partial charge in [-0.25, -0.2) is 0 Å². The van der Waals surface area contributed by atoms with E-state index in [9.17, 15) is 0 Å². The van der Waals surface area contributed by atoms with E-state index in [4.69, 9.17) is 0 Å². The molecule has 0 bridgehead atoms. The molecule has 0 heterocycles. The third kappa shape index (κ3) is 27.9. The molecule has 0 aromatic rings. The molecule has 0 aromatic carbocycles. The van der Waals surface area contributed by atoms with E-state index < -0.39 is 0 Å². The predicted molar refractivity (Wildman–Crippen MR) is 181 cm³/mol. The molecule has 0 radical (unpaired) electrons. The molecule has 0 atom stereocenters. The lowest BCUT2D eigenvalue weighted by molar-refractivity contribution is -0.892. The zero-order valence-electron chi connectivity index (χ0n) is 29.2. The molecule has 0 aromatic heterocycles. The maximum absolute atomic E-state index is 2.53. The molecule has 0 aliphatic heterocycles. The molecule has 1 heteroatoms. The Labute approximate surface area is 250 Å². The molecule has 0 spiro atoms. The van der Waals surface area contributed by atoms with E-state index in [1.54, 1.807) is 0 Å². The van der Waals surface area contributed by atoms with Gasteiger partial charge in [-0.05, 0) is 23.7 Å². The van der Waals surface area contributed by atoms with Crippen LogP contribution < -0.4 is 0 Å². The van der Waals surface area contributed by atoms with E-state index in [0.717, 1.165) is 0 Å². The van der Waals surface area contributed by atoms with E-state index in [1.165, 1.54) is 185 Å². The fourth-order valence-electron chi connectivity index (χ4n) is 6.11. The third-order valence-electron chi connectivity index (χ3n) is 9.70. The first-order valence-corrected chi connectivity index (χ1v) is 18.4. The number of rotatable bonds is 30. The number of nitrogens with zero attached hydrogens (tertiary/aromatic N) is 1. The number of hydrogen-bond acceptors (Lipinski definition) is 0. The monoisotopic (exact) mass is 551 g/mol. The molecule has 236 valence electrons. The van der Waals surface area contributed by atoms with Crippen LogP contribution in [0.25, 0.3) is 0 Å². The van der Waals surface area contributed by atoms with Crippen LogP contribution in [0.1, 0.15) is 208 Å². The van der Waals surface area contributed by atoms with Crippen molar-refractivity contribution in [1.82, 2.24) is 0 Å². The van der Waals surface area contributed by atoms with Crippen LogP contribution in [0.5, 0.6) is 0 Å².